The van der Waals surface area contributed by atoms with Gasteiger partial charge in [-0.2, -0.15) is 0 Å². The Bertz CT molecular complexity index is 232. The van der Waals surface area contributed by atoms with Crippen LogP contribution in [0.1, 0.15) is 18.6 Å². The number of nitrogens with zero attached hydrogens (tertiary/aromatic N) is 3. The van der Waals surface area contributed by atoms with Crippen molar-refractivity contribution in [2.75, 3.05) is 0 Å². The molecule has 0 atom stereocenters. The van der Waals surface area contributed by atoms with Gasteiger partial charge >= 0.3 is 0 Å². The predicted octanol–water partition coefficient (Wildman–Crippen LogP) is -0.00328. The second-order valence-corrected chi connectivity index (χ2v) is 2.22. The number of aryl methyl sites for hydroxylation is 1. The standard InChI is InChI=1S/C6H12N4O/c1-3-10-5(2)8-9-6(10)4-11-7/h3-4,7H2,1-2H3. The Morgan fingerprint density at radius 3 is 2.82 bits per heavy atom. The van der Waals surface area contributed by atoms with Crippen LogP contribution >= 0.6 is 0 Å². The number of nitrogens with two attached hydrogens (primary N) is 1. The van der Waals surface area contributed by atoms with Crippen LogP contribution in [0, 0.1) is 6.92 Å². The molecule has 11 heavy (non-hydrogen) atoms. The van der Waals surface area contributed by atoms with Crippen LogP contribution in [0.4, 0.5) is 0 Å². The summed E-state index contributed by atoms with van der Waals surface area (Å²) < 4.78 is 1.95. The molecule has 0 bridgehead atoms. The molecular weight excluding hydrogens is 144 g/mol. The Morgan fingerprint density at radius 1 is 1.55 bits per heavy atom. The van der Waals surface area contributed by atoms with Crippen molar-refractivity contribution in [3.63, 3.8) is 0 Å². The molecule has 1 aromatic heterocycles. The quantitative estimate of drug-likeness (QED) is 0.625. The van der Waals surface area contributed by atoms with Gasteiger partial charge in [-0.1, -0.05) is 0 Å². The van der Waals surface area contributed by atoms with Crippen molar-refractivity contribution in [2.24, 2.45) is 5.90 Å². The molecule has 0 radical (unpaired) electrons. The lowest BCUT2D eigenvalue weighted by Gasteiger charge is -2.02. The van der Waals surface area contributed by atoms with Gasteiger partial charge in [0.25, 0.3) is 0 Å². The van der Waals surface area contributed by atoms with Crippen molar-refractivity contribution < 1.29 is 4.84 Å². The van der Waals surface area contributed by atoms with Crippen LogP contribution in [0.25, 0.3) is 0 Å². The fraction of sp³-hybridized carbons (Fsp3) is 0.667. The average molecular weight is 156 g/mol. The number of aromatic nitrogens is 3. The molecule has 0 aromatic carbocycles. The average Bonchev–Trinajstić information content (AvgIpc) is 2.33. The van der Waals surface area contributed by atoms with Crippen molar-refractivity contribution in [3.05, 3.63) is 11.6 Å². The first kappa shape index (κ1) is 8.16. The fourth-order valence-electron chi connectivity index (χ4n) is 1.02. The third-order valence-corrected chi connectivity index (χ3v) is 1.54. The highest BCUT2D eigenvalue weighted by atomic mass is 16.6. The number of hydrogen-bond acceptors (Lipinski definition) is 4. The van der Waals surface area contributed by atoms with Crippen LogP contribution in [-0.2, 0) is 18.0 Å². The summed E-state index contributed by atoms with van der Waals surface area (Å²) >= 11 is 0. The van der Waals surface area contributed by atoms with Crippen LogP contribution in [-0.4, -0.2) is 14.8 Å². The first-order valence-electron chi connectivity index (χ1n) is 3.50. The Kier molecular flexibility index (Phi) is 2.56. The van der Waals surface area contributed by atoms with Gasteiger partial charge in [-0.05, 0) is 13.8 Å². The molecule has 5 nitrogen and oxygen atoms in total. The number of hydrogen-bond donors (Lipinski definition) is 1. The van der Waals surface area contributed by atoms with Gasteiger partial charge in [0, 0.05) is 6.54 Å². The molecule has 0 aliphatic rings. The van der Waals surface area contributed by atoms with Crippen molar-refractivity contribution in [2.45, 2.75) is 27.0 Å². The highest BCUT2D eigenvalue weighted by Crippen LogP contribution is 2.00. The van der Waals surface area contributed by atoms with E-state index >= 15 is 0 Å². The minimum absolute atomic E-state index is 0.314. The zero-order valence-electron chi connectivity index (χ0n) is 6.74. The van der Waals surface area contributed by atoms with Crippen LogP contribution in [0.5, 0.6) is 0 Å². The first-order valence-corrected chi connectivity index (χ1v) is 3.50. The molecule has 0 unspecified atom stereocenters. The molecular formula is C6H12N4O. The topological polar surface area (TPSA) is 66.0 Å². The second-order valence-electron chi connectivity index (χ2n) is 2.22. The third-order valence-electron chi connectivity index (χ3n) is 1.54. The van der Waals surface area contributed by atoms with Gasteiger partial charge in [0.15, 0.2) is 5.82 Å². The van der Waals surface area contributed by atoms with Gasteiger partial charge in [-0.25, -0.2) is 5.90 Å². The van der Waals surface area contributed by atoms with Gasteiger partial charge in [0.05, 0.1) is 0 Å². The smallest absolute Gasteiger partial charge is 0.161 e. The van der Waals surface area contributed by atoms with E-state index in [9.17, 15) is 0 Å². The van der Waals surface area contributed by atoms with Gasteiger partial charge < -0.3 is 4.57 Å². The largest absolute Gasteiger partial charge is 0.313 e. The molecule has 1 aromatic rings. The molecule has 0 spiro atoms. The fourth-order valence-corrected chi connectivity index (χ4v) is 1.02. The third kappa shape index (κ3) is 1.55. The molecule has 0 fully saturated rings. The van der Waals surface area contributed by atoms with Crippen LogP contribution in [0.3, 0.4) is 0 Å². The SMILES string of the molecule is CCn1c(C)nnc1CON. The minimum atomic E-state index is 0.314. The summed E-state index contributed by atoms with van der Waals surface area (Å²) in [6.07, 6.45) is 0. The Hall–Kier alpha value is -0.940. The molecule has 0 saturated heterocycles. The van der Waals surface area contributed by atoms with E-state index in [1.54, 1.807) is 0 Å². The Morgan fingerprint density at radius 2 is 2.27 bits per heavy atom. The maximum atomic E-state index is 4.91. The monoisotopic (exact) mass is 156 g/mol. The lowest BCUT2D eigenvalue weighted by atomic mass is 10.5. The summed E-state index contributed by atoms with van der Waals surface area (Å²) in [4.78, 5) is 4.46. The van der Waals surface area contributed by atoms with Crippen molar-refractivity contribution in [1.82, 2.24) is 14.8 Å². The zero-order chi connectivity index (χ0) is 8.27. The maximum Gasteiger partial charge on any atom is 0.161 e. The van der Waals surface area contributed by atoms with E-state index in [-0.39, 0.29) is 0 Å². The molecule has 1 heterocycles. The van der Waals surface area contributed by atoms with Crippen molar-refractivity contribution >= 4 is 0 Å². The summed E-state index contributed by atoms with van der Waals surface area (Å²) in [7, 11) is 0. The summed E-state index contributed by atoms with van der Waals surface area (Å²) in [6, 6.07) is 0. The van der Waals surface area contributed by atoms with Crippen molar-refractivity contribution in [3.8, 4) is 0 Å². The van der Waals surface area contributed by atoms with E-state index in [0.717, 1.165) is 18.2 Å². The minimum Gasteiger partial charge on any atom is -0.313 e. The molecule has 62 valence electrons. The molecule has 0 amide bonds. The molecule has 0 aliphatic heterocycles. The molecule has 2 N–H and O–H groups in total. The Labute approximate surface area is 65.1 Å². The molecule has 5 heteroatoms. The van der Waals surface area contributed by atoms with Crippen LogP contribution in [0.15, 0.2) is 0 Å². The summed E-state index contributed by atoms with van der Waals surface area (Å²) in [5, 5.41) is 7.77. The molecule has 0 aliphatic carbocycles. The van der Waals surface area contributed by atoms with E-state index in [4.69, 9.17) is 5.90 Å². The van der Waals surface area contributed by atoms with Crippen LogP contribution in [0.2, 0.25) is 0 Å². The van der Waals surface area contributed by atoms with E-state index in [1.807, 2.05) is 18.4 Å². The summed E-state index contributed by atoms with van der Waals surface area (Å²) in [5.41, 5.74) is 0. The van der Waals surface area contributed by atoms with Gasteiger partial charge in [0.1, 0.15) is 12.4 Å². The van der Waals surface area contributed by atoms with E-state index in [1.165, 1.54) is 0 Å². The van der Waals surface area contributed by atoms with Crippen LogP contribution < -0.4 is 5.90 Å². The number of rotatable bonds is 3. The normalized spacial score (nSPS) is 10.5. The lowest BCUT2D eigenvalue weighted by molar-refractivity contribution is 0.115. The zero-order valence-corrected chi connectivity index (χ0v) is 6.74. The summed E-state index contributed by atoms with van der Waals surface area (Å²) in [6.45, 7) is 5.08. The first-order chi connectivity index (χ1) is 5.29. The molecule has 0 saturated carbocycles. The van der Waals surface area contributed by atoms with Gasteiger partial charge in [-0.3, -0.25) is 4.84 Å². The van der Waals surface area contributed by atoms with Gasteiger partial charge in [0.2, 0.25) is 0 Å². The van der Waals surface area contributed by atoms with E-state index in [0.29, 0.717) is 6.61 Å². The highest BCUT2D eigenvalue weighted by molar-refractivity contribution is 4.91. The highest BCUT2D eigenvalue weighted by Gasteiger charge is 2.05. The Balaban J connectivity index is 2.86. The van der Waals surface area contributed by atoms with E-state index < -0.39 is 0 Å². The van der Waals surface area contributed by atoms with Crippen molar-refractivity contribution in [1.29, 1.82) is 0 Å². The summed E-state index contributed by atoms with van der Waals surface area (Å²) in [5.74, 6) is 6.57. The van der Waals surface area contributed by atoms with E-state index in [2.05, 4.69) is 15.0 Å². The maximum absolute atomic E-state index is 4.91. The molecule has 1 rings (SSSR count). The second kappa shape index (κ2) is 3.45. The predicted molar refractivity (Wildman–Crippen MR) is 39.4 cm³/mol. The lowest BCUT2D eigenvalue weighted by Crippen LogP contribution is -2.08. The van der Waals surface area contributed by atoms with Gasteiger partial charge in [-0.15, -0.1) is 10.2 Å².